The molecule has 0 bridgehead atoms. The zero-order valence-electron chi connectivity index (χ0n) is 4.90. The fourth-order valence-corrected chi connectivity index (χ4v) is 0.731. The first-order chi connectivity index (χ1) is 4.74. The van der Waals surface area contributed by atoms with Gasteiger partial charge in [0.1, 0.15) is 5.82 Å². The van der Waals surface area contributed by atoms with Crippen LogP contribution in [0.3, 0.4) is 0 Å². The monoisotopic (exact) mass is 157 g/mol. The van der Waals surface area contributed by atoms with Gasteiger partial charge in [0.2, 0.25) is 6.29 Å². The molecule has 0 saturated carbocycles. The maximum Gasteiger partial charge on any atom is 0.236 e. The topological polar surface area (TPSA) is 17.1 Å². The molecule has 1 radical (unpaired) electrons. The van der Waals surface area contributed by atoms with Crippen LogP contribution in [0.2, 0.25) is 5.02 Å². The van der Waals surface area contributed by atoms with Gasteiger partial charge in [0.25, 0.3) is 0 Å². The third kappa shape index (κ3) is 1.33. The van der Waals surface area contributed by atoms with E-state index in [2.05, 4.69) is 0 Å². The zero-order chi connectivity index (χ0) is 7.56. The number of rotatable bonds is 1. The Bertz CT molecular complexity index is 260. The minimum Gasteiger partial charge on any atom is -0.285 e. The first kappa shape index (κ1) is 7.22. The molecule has 1 nitrogen and oxygen atoms in total. The van der Waals surface area contributed by atoms with Gasteiger partial charge < -0.3 is 0 Å². The van der Waals surface area contributed by atoms with E-state index in [4.69, 9.17) is 11.6 Å². The van der Waals surface area contributed by atoms with E-state index in [-0.39, 0.29) is 10.6 Å². The minimum absolute atomic E-state index is 0.0931. The van der Waals surface area contributed by atoms with Crippen LogP contribution in [0.25, 0.3) is 0 Å². The van der Waals surface area contributed by atoms with Crippen LogP contribution in [0, 0.1) is 5.82 Å². The van der Waals surface area contributed by atoms with Crippen molar-refractivity contribution in [3.63, 3.8) is 0 Å². The van der Waals surface area contributed by atoms with Gasteiger partial charge in [-0.2, -0.15) is 0 Å². The normalized spacial score (nSPS) is 9.40. The average molecular weight is 158 g/mol. The second kappa shape index (κ2) is 2.80. The number of halogens is 2. The summed E-state index contributed by atoms with van der Waals surface area (Å²) >= 11 is 5.40. The lowest BCUT2D eigenvalue weighted by Crippen LogP contribution is -1.85. The maximum atomic E-state index is 12.5. The van der Waals surface area contributed by atoms with Crippen molar-refractivity contribution in [1.29, 1.82) is 0 Å². The van der Waals surface area contributed by atoms with Crippen LogP contribution in [0.5, 0.6) is 0 Å². The Hall–Kier alpha value is -0.890. The summed E-state index contributed by atoms with van der Waals surface area (Å²) in [5.41, 5.74) is -0.0931. The third-order valence-electron chi connectivity index (χ3n) is 1.04. The lowest BCUT2D eigenvalue weighted by Gasteiger charge is -1.91. The van der Waals surface area contributed by atoms with Gasteiger partial charge in [0, 0.05) is 5.02 Å². The van der Waals surface area contributed by atoms with Crippen molar-refractivity contribution in [3.8, 4) is 0 Å². The summed E-state index contributed by atoms with van der Waals surface area (Å²) in [6.07, 6.45) is 1.44. The summed E-state index contributed by atoms with van der Waals surface area (Å²) < 4.78 is 12.5. The van der Waals surface area contributed by atoms with Crippen molar-refractivity contribution < 1.29 is 9.18 Å². The fraction of sp³-hybridized carbons (Fsp3) is 0. The van der Waals surface area contributed by atoms with Crippen molar-refractivity contribution in [2.24, 2.45) is 0 Å². The highest BCUT2D eigenvalue weighted by Gasteiger charge is 2.00. The molecule has 51 valence electrons. The van der Waals surface area contributed by atoms with Gasteiger partial charge in [-0.25, -0.2) is 4.39 Å². The summed E-state index contributed by atoms with van der Waals surface area (Å²) in [5.74, 6) is -0.637. The predicted octanol–water partition coefficient (Wildman–Crippen LogP) is 1.94. The molecule has 0 aromatic heterocycles. The minimum atomic E-state index is -0.637. The van der Waals surface area contributed by atoms with E-state index in [9.17, 15) is 9.18 Å². The Labute approximate surface area is 62.4 Å². The standard InChI is InChI=1S/C7H3ClFO/c8-6-2-1-5(4-10)7(9)3-6/h1-3H. The molecule has 0 fully saturated rings. The van der Waals surface area contributed by atoms with E-state index < -0.39 is 5.82 Å². The molecule has 0 N–H and O–H groups in total. The Morgan fingerprint density at radius 1 is 1.50 bits per heavy atom. The van der Waals surface area contributed by atoms with E-state index in [1.54, 1.807) is 0 Å². The van der Waals surface area contributed by atoms with Crippen LogP contribution in [-0.2, 0) is 4.79 Å². The molecule has 3 heteroatoms. The molecule has 0 amide bonds. The Morgan fingerprint density at radius 2 is 2.20 bits per heavy atom. The van der Waals surface area contributed by atoms with Crippen molar-refractivity contribution in [3.05, 3.63) is 34.6 Å². The molecule has 10 heavy (non-hydrogen) atoms. The summed E-state index contributed by atoms with van der Waals surface area (Å²) in [4.78, 5) is 9.93. The number of carbonyl (C=O) groups excluding carboxylic acids is 1. The van der Waals surface area contributed by atoms with E-state index in [1.807, 2.05) is 0 Å². The van der Waals surface area contributed by atoms with Gasteiger partial charge in [-0.15, -0.1) is 0 Å². The summed E-state index contributed by atoms with van der Waals surface area (Å²) in [6.45, 7) is 0. The molecule has 1 aromatic carbocycles. The second-order valence-corrected chi connectivity index (χ2v) is 2.16. The Morgan fingerprint density at radius 3 is 2.70 bits per heavy atom. The van der Waals surface area contributed by atoms with Gasteiger partial charge >= 0.3 is 0 Å². The van der Waals surface area contributed by atoms with Crippen LogP contribution >= 0.6 is 11.6 Å². The Kier molecular flexibility index (Phi) is 2.02. The van der Waals surface area contributed by atoms with Crippen molar-refractivity contribution in [1.82, 2.24) is 0 Å². The lowest BCUT2D eigenvalue weighted by molar-refractivity contribution is 0.556. The van der Waals surface area contributed by atoms with Gasteiger partial charge in [-0.1, -0.05) is 11.6 Å². The fourth-order valence-electron chi connectivity index (χ4n) is 0.572. The van der Waals surface area contributed by atoms with Crippen LogP contribution in [0.4, 0.5) is 4.39 Å². The lowest BCUT2D eigenvalue weighted by atomic mass is 10.2. The molecule has 0 atom stereocenters. The Balaban J connectivity index is 3.19. The summed E-state index contributed by atoms with van der Waals surface area (Å²) in [7, 11) is 0. The average Bonchev–Trinajstić information content (AvgIpc) is 1.88. The molecule has 0 aliphatic carbocycles. The van der Waals surface area contributed by atoms with Crippen LogP contribution in [0.15, 0.2) is 18.2 Å². The molecule has 0 aliphatic rings. The SMILES string of the molecule is O=[C]c1ccc(Cl)cc1F. The predicted molar refractivity (Wildman–Crippen MR) is 36.2 cm³/mol. The van der Waals surface area contributed by atoms with E-state index in [1.165, 1.54) is 18.4 Å². The van der Waals surface area contributed by atoms with Crippen molar-refractivity contribution in [2.45, 2.75) is 0 Å². The van der Waals surface area contributed by atoms with E-state index in [0.717, 1.165) is 6.07 Å². The van der Waals surface area contributed by atoms with Crippen LogP contribution in [-0.4, -0.2) is 6.29 Å². The highest BCUT2D eigenvalue weighted by molar-refractivity contribution is 6.30. The molecular weight excluding hydrogens is 155 g/mol. The molecule has 0 spiro atoms. The molecule has 1 aromatic rings. The first-order valence-corrected chi connectivity index (χ1v) is 2.95. The maximum absolute atomic E-state index is 12.5. The molecule has 0 aliphatic heterocycles. The van der Waals surface area contributed by atoms with Gasteiger partial charge in [-0.3, -0.25) is 4.79 Å². The molecule has 0 saturated heterocycles. The molecule has 0 heterocycles. The number of hydrogen-bond donors (Lipinski definition) is 0. The van der Waals surface area contributed by atoms with E-state index in [0.29, 0.717) is 0 Å². The van der Waals surface area contributed by atoms with Crippen LogP contribution < -0.4 is 0 Å². The number of benzene rings is 1. The van der Waals surface area contributed by atoms with Gasteiger partial charge in [-0.05, 0) is 18.2 Å². The van der Waals surface area contributed by atoms with Crippen LogP contribution in [0.1, 0.15) is 5.56 Å². The number of hydrogen-bond acceptors (Lipinski definition) is 1. The summed E-state index contributed by atoms with van der Waals surface area (Å²) in [5, 5.41) is 0.275. The van der Waals surface area contributed by atoms with Gasteiger partial charge in [0.05, 0.1) is 5.56 Å². The molecular formula is C7H3ClFO. The third-order valence-corrected chi connectivity index (χ3v) is 1.28. The zero-order valence-corrected chi connectivity index (χ0v) is 5.65. The summed E-state index contributed by atoms with van der Waals surface area (Å²) in [6, 6.07) is 3.79. The highest BCUT2D eigenvalue weighted by atomic mass is 35.5. The molecule has 0 unspecified atom stereocenters. The van der Waals surface area contributed by atoms with Crippen molar-refractivity contribution in [2.75, 3.05) is 0 Å². The smallest absolute Gasteiger partial charge is 0.236 e. The largest absolute Gasteiger partial charge is 0.285 e. The van der Waals surface area contributed by atoms with E-state index >= 15 is 0 Å². The second-order valence-electron chi connectivity index (χ2n) is 1.73. The van der Waals surface area contributed by atoms with Gasteiger partial charge in [0.15, 0.2) is 0 Å². The molecule has 1 rings (SSSR count). The highest BCUT2D eigenvalue weighted by Crippen LogP contribution is 2.12. The first-order valence-electron chi connectivity index (χ1n) is 2.57. The van der Waals surface area contributed by atoms with Crippen molar-refractivity contribution >= 4 is 17.9 Å². The quantitative estimate of drug-likeness (QED) is 0.609.